The molecule has 36 heavy (non-hydrogen) atoms. The maximum atomic E-state index is 12.4. The van der Waals surface area contributed by atoms with Crippen LogP contribution in [-0.4, -0.2) is 30.0 Å². The van der Waals surface area contributed by atoms with Crippen LogP contribution in [0.4, 0.5) is 16.2 Å². The smallest absolute Gasteiger partial charge is 0.412 e. The molecule has 0 bridgehead atoms. The molecular weight excluding hydrogens is 464 g/mol. The van der Waals surface area contributed by atoms with Crippen LogP contribution in [0.1, 0.15) is 5.56 Å². The van der Waals surface area contributed by atoms with Crippen LogP contribution in [0.2, 0.25) is 0 Å². The zero-order chi connectivity index (χ0) is 25.3. The van der Waals surface area contributed by atoms with Crippen molar-refractivity contribution in [3.05, 3.63) is 91.0 Å². The summed E-state index contributed by atoms with van der Waals surface area (Å²) in [4.78, 5) is 40.7. The second-order valence-electron chi connectivity index (χ2n) is 7.45. The Morgan fingerprint density at radius 2 is 1.64 bits per heavy atom. The van der Waals surface area contributed by atoms with Crippen molar-refractivity contribution in [3.63, 3.8) is 0 Å². The van der Waals surface area contributed by atoms with Gasteiger partial charge < -0.3 is 29.8 Å². The van der Waals surface area contributed by atoms with Crippen LogP contribution in [0, 0.1) is 0 Å². The number of anilines is 2. The minimum absolute atomic E-state index is 0.166. The summed E-state index contributed by atoms with van der Waals surface area (Å²) in [6.07, 6.45) is 2.23. The number of hydrogen-bond acceptors (Lipinski definition) is 7. The molecule has 1 aromatic heterocycles. The third-order valence-electron chi connectivity index (χ3n) is 4.94. The number of amides is 3. The normalized spacial score (nSPS) is 10.2. The summed E-state index contributed by atoms with van der Waals surface area (Å²) in [6.45, 7) is 0.166. The van der Waals surface area contributed by atoms with Gasteiger partial charge in [0, 0.05) is 24.0 Å². The highest BCUT2D eigenvalue weighted by Gasteiger charge is 2.16. The van der Waals surface area contributed by atoms with Crippen molar-refractivity contribution in [2.45, 2.75) is 6.54 Å². The molecule has 10 nitrogen and oxygen atoms in total. The molecule has 3 amide bonds. The summed E-state index contributed by atoms with van der Waals surface area (Å²) in [5, 5.41) is 7.71. The lowest BCUT2D eigenvalue weighted by Gasteiger charge is -2.11. The van der Waals surface area contributed by atoms with Crippen molar-refractivity contribution < 1.29 is 28.3 Å². The van der Waals surface area contributed by atoms with Crippen LogP contribution in [0.25, 0.3) is 11.3 Å². The molecule has 4 rings (SSSR count). The number of ether oxygens (including phenoxy) is 2. The monoisotopic (exact) mass is 486 g/mol. The van der Waals surface area contributed by atoms with Gasteiger partial charge in [-0.1, -0.05) is 30.3 Å². The first-order valence-electron chi connectivity index (χ1n) is 10.8. The molecule has 1 heterocycles. The number of oxazole rings is 1. The van der Waals surface area contributed by atoms with Crippen LogP contribution in [0.15, 0.2) is 89.8 Å². The molecule has 0 unspecified atom stereocenters. The zero-order valence-corrected chi connectivity index (χ0v) is 19.2. The van der Waals surface area contributed by atoms with Gasteiger partial charge in [-0.2, -0.15) is 0 Å². The van der Waals surface area contributed by atoms with E-state index in [1.807, 2.05) is 6.07 Å². The van der Waals surface area contributed by atoms with Gasteiger partial charge in [0.1, 0.15) is 11.5 Å². The zero-order valence-electron chi connectivity index (χ0n) is 19.2. The number of methoxy groups -OCH3 is 1. The molecule has 3 N–H and O–H groups in total. The van der Waals surface area contributed by atoms with Crippen molar-refractivity contribution in [2.24, 2.45) is 0 Å². The van der Waals surface area contributed by atoms with Crippen molar-refractivity contribution >= 4 is 29.3 Å². The molecule has 0 aliphatic rings. The molecule has 0 aliphatic carbocycles. The molecule has 0 radical (unpaired) electrons. The summed E-state index contributed by atoms with van der Waals surface area (Å²) in [5.41, 5.74) is 2.11. The van der Waals surface area contributed by atoms with Gasteiger partial charge in [-0.25, -0.2) is 9.78 Å². The van der Waals surface area contributed by atoms with Gasteiger partial charge in [0.2, 0.25) is 0 Å². The number of carbonyl (C=O) groups is 3. The topological polar surface area (TPSA) is 132 Å². The van der Waals surface area contributed by atoms with E-state index < -0.39 is 17.9 Å². The van der Waals surface area contributed by atoms with Crippen molar-refractivity contribution in [1.82, 2.24) is 10.3 Å². The maximum Gasteiger partial charge on any atom is 0.412 e. The highest BCUT2D eigenvalue weighted by atomic mass is 16.6. The summed E-state index contributed by atoms with van der Waals surface area (Å²) >= 11 is 0. The van der Waals surface area contributed by atoms with Crippen molar-refractivity contribution in [3.8, 4) is 22.8 Å². The van der Waals surface area contributed by atoms with E-state index in [2.05, 4.69) is 20.9 Å². The van der Waals surface area contributed by atoms with Crippen molar-refractivity contribution in [1.29, 1.82) is 0 Å². The van der Waals surface area contributed by atoms with E-state index in [4.69, 9.17) is 13.9 Å². The largest absolute Gasteiger partial charge is 0.496 e. The lowest BCUT2D eigenvalue weighted by Crippen LogP contribution is -2.29. The predicted octanol–water partition coefficient (Wildman–Crippen LogP) is 4.22. The molecule has 0 saturated carbocycles. The summed E-state index contributed by atoms with van der Waals surface area (Å²) < 4.78 is 15.8. The highest BCUT2D eigenvalue weighted by Crippen LogP contribution is 2.32. The molecule has 182 valence electrons. The lowest BCUT2D eigenvalue weighted by molar-refractivity contribution is -0.132. The number of carbonyl (C=O) groups excluding carboxylic acids is 3. The van der Waals surface area contributed by atoms with Crippen LogP contribution in [0.5, 0.6) is 11.5 Å². The summed E-state index contributed by atoms with van der Waals surface area (Å²) in [5.74, 6) is -0.352. The van der Waals surface area contributed by atoms with Gasteiger partial charge in [-0.15, -0.1) is 0 Å². The molecule has 10 heteroatoms. The highest BCUT2D eigenvalue weighted by molar-refractivity contribution is 6.43. The van der Waals surface area contributed by atoms with E-state index in [1.54, 1.807) is 72.9 Å². The number of para-hydroxylation sites is 1. The Bertz CT molecular complexity index is 1360. The number of nitrogens with one attached hydrogen (secondary N) is 3. The van der Waals surface area contributed by atoms with Crippen LogP contribution in [0.3, 0.4) is 0 Å². The average Bonchev–Trinajstić information content (AvgIpc) is 3.43. The van der Waals surface area contributed by atoms with Gasteiger partial charge in [0.05, 0.1) is 18.9 Å². The Hall–Kier alpha value is -5.12. The number of benzene rings is 3. The fraction of sp³-hybridized carbons (Fsp3) is 0.0769. The minimum Gasteiger partial charge on any atom is -0.496 e. The molecule has 4 aromatic rings. The van der Waals surface area contributed by atoms with Crippen LogP contribution >= 0.6 is 0 Å². The van der Waals surface area contributed by atoms with E-state index in [-0.39, 0.29) is 6.54 Å². The van der Waals surface area contributed by atoms with Crippen LogP contribution in [-0.2, 0) is 16.1 Å². The van der Waals surface area contributed by atoms with Gasteiger partial charge in [0.25, 0.3) is 0 Å². The Balaban J connectivity index is 1.32. The number of rotatable bonds is 7. The number of nitrogens with zero attached hydrogens (tertiary/aromatic N) is 1. The first-order valence-corrected chi connectivity index (χ1v) is 10.8. The van der Waals surface area contributed by atoms with Crippen LogP contribution < -0.4 is 25.4 Å². The Morgan fingerprint density at radius 3 is 2.33 bits per heavy atom. The fourth-order valence-corrected chi connectivity index (χ4v) is 3.26. The Morgan fingerprint density at radius 1 is 0.889 bits per heavy atom. The van der Waals surface area contributed by atoms with Gasteiger partial charge in [-0.05, 0) is 42.0 Å². The SMILES string of the molecule is COc1cc(NC(=O)C(=O)Nc2cccc(CNC(=O)Oc3ccccc3)c2)ccc1-c1cnco1. The molecule has 3 aromatic carbocycles. The molecular formula is C26H22N4O6. The molecule has 0 spiro atoms. The molecule has 0 saturated heterocycles. The first kappa shape index (κ1) is 24.0. The van der Waals surface area contributed by atoms with E-state index in [1.165, 1.54) is 13.5 Å². The molecule has 0 fully saturated rings. The quantitative estimate of drug-likeness (QED) is 0.333. The third-order valence-corrected chi connectivity index (χ3v) is 4.94. The average molecular weight is 486 g/mol. The van der Waals surface area contributed by atoms with E-state index in [0.29, 0.717) is 39.8 Å². The lowest BCUT2D eigenvalue weighted by atomic mass is 10.1. The fourth-order valence-electron chi connectivity index (χ4n) is 3.26. The summed E-state index contributed by atoms with van der Waals surface area (Å²) in [7, 11) is 1.48. The van der Waals surface area contributed by atoms with Gasteiger partial charge in [0.15, 0.2) is 12.2 Å². The van der Waals surface area contributed by atoms with Gasteiger partial charge in [-0.3, -0.25) is 9.59 Å². The minimum atomic E-state index is -0.862. The van der Waals surface area contributed by atoms with E-state index >= 15 is 0 Å². The van der Waals surface area contributed by atoms with E-state index in [9.17, 15) is 14.4 Å². The number of aromatic nitrogens is 1. The summed E-state index contributed by atoms with van der Waals surface area (Å²) in [6, 6.07) is 20.3. The second kappa shape index (κ2) is 11.3. The second-order valence-corrected chi connectivity index (χ2v) is 7.45. The number of hydrogen-bond donors (Lipinski definition) is 3. The third kappa shape index (κ3) is 6.26. The first-order chi connectivity index (χ1) is 17.5. The molecule has 0 aliphatic heterocycles. The van der Waals surface area contributed by atoms with Gasteiger partial charge >= 0.3 is 17.9 Å². The molecule has 0 atom stereocenters. The predicted molar refractivity (Wildman–Crippen MR) is 131 cm³/mol. The Labute approximate surface area is 206 Å². The van der Waals surface area contributed by atoms with E-state index in [0.717, 1.165) is 0 Å². The van der Waals surface area contributed by atoms with Crippen molar-refractivity contribution in [2.75, 3.05) is 17.7 Å². The maximum absolute atomic E-state index is 12.4. The standard InChI is InChI=1S/C26H22N4O6/c1-34-22-13-19(10-11-21(22)23-15-27-16-35-23)30-25(32)24(31)29-18-7-5-6-17(12-18)14-28-26(33)36-20-8-3-2-4-9-20/h2-13,15-16H,14H2,1H3,(H,28,33)(H,29,31)(H,30,32). The Kier molecular flexibility index (Phi) is 7.57.